The fourth-order valence-electron chi connectivity index (χ4n) is 2.90. The smallest absolute Gasteiger partial charge is 0.232 e. The molecule has 0 saturated carbocycles. The molecule has 162 valence electrons. The van der Waals surface area contributed by atoms with Crippen LogP contribution in [-0.4, -0.2) is 21.8 Å². The van der Waals surface area contributed by atoms with Crippen molar-refractivity contribution in [3.63, 3.8) is 0 Å². The summed E-state index contributed by atoms with van der Waals surface area (Å²) in [4.78, 5) is 32.3. The third kappa shape index (κ3) is 5.37. The van der Waals surface area contributed by atoms with E-state index in [1.807, 2.05) is 17.5 Å². The second-order valence-corrected chi connectivity index (χ2v) is 8.94. The average Bonchev–Trinajstić information content (AvgIpc) is 3.38. The Hall–Kier alpha value is -3.14. The first-order chi connectivity index (χ1) is 15.4. The van der Waals surface area contributed by atoms with Gasteiger partial charge < -0.3 is 10.6 Å². The van der Waals surface area contributed by atoms with Gasteiger partial charge in [-0.1, -0.05) is 23.7 Å². The van der Waals surface area contributed by atoms with Gasteiger partial charge in [-0.05, 0) is 30.3 Å². The van der Waals surface area contributed by atoms with Gasteiger partial charge >= 0.3 is 0 Å². The third-order valence-electron chi connectivity index (χ3n) is 4.30. The van der Waals surface area contributed by atoms with Crippen LogP contribution in [-0.2, 0) is 16.0 Å². The van der Waals surface area contributed by atoms with Crippen LogP contribution in [0.3, 0.4) is 0 Å². The van der Waals surface area contributed by atoms with Crippen LogP contribution in [0.2, 0.25) is 5.02 Å². The molecule has 0 aliphatic carbocycles. The van der Waals surface area contributed by atoms with Gasteiger partial charge in [0.15, 0.2) is 5.13 Å². The van der Waals surface area contributed by atoms with Gasteiger partial charge in [0.05, 0.1) is 17.8 Å². The van der Waals surface area contributed by atoms with Crippen LogP contribution in [0.25, 0.3) is 21.8 Å². The van der Waals surface area contributed by atoms with Gasteiger partial charge in [-0.3, -0.25) is 9.59 Å². The molecule has 0 saturated heterocycles. The monoisotopic (exact) mass is 486 g/mol. The Morgan fingerprint density at radius 3 is 2.53 bits per heavy atom. The van der Waals surface area contributed by atoms with Gasteiger partial charge in [0.25, 0.3) is 0 Å². The number of nitrogens with zero attached hydrogens (tertiary/aromatic N) is 2. The molecule has 0 aliphatic rings. The quantitative estimate of drug-likeness (QED) is 0.357. The summed E-state index contributed by atoms with van der Waals surface area (Å²) in [6.07, 6.45) is 0.0960. The second kappa shape index (κ2) is 9.56. The van der Waals surface area contributed by atoms with E-state index in [1.54, 1.807) is 23.6 Å². The maximum absolute atomic E-state index is 14.4. The number of carbonyl (C=O) groups is 2. The van der Waals surface area contributed by atoms with E-state index in [-0.39, 0.29) is 23.8 Å². The van der Waals surface area contributed by atoms with Crippen LogP contribution in [0.15, 0.2) is 53.2 Å². The van der Waals surface area contributed by atoms with Crippen LogP contribution >= 0.6 is 34.3 Å². The molecule has 4 aromatic rings. The molecule has 2 aromatic heterocycles. The van der Waals surface area contributed by atoms with Gasteiger partial charge in [0, 0.05) is 39.5 Å². The zero-order valence-corrected chi connectivity index (χ0v) is 19.1. The lowest BCUT2D eigenvalue weighted by molar-refractivity contribution is -0.116. The van der Waals surface area contributed by atoms with E-state index >= 15 is 0 Å². The number of anilines is 2. The SMILES string of the molecule is CC(=O)Nc1ccc(-c2csc(NC(=O)Cc3csc(-c4ccc(Cl)cc4)n3)n2)c(F)c1. The topological polar surface area (TPSA) is 84.0 Å². The number of halogens is 2. The fraction of sp³-hybridized carbons (Fsp3) is 0.0909. The number of rotatable bonds is 6. The van der Waals surface area contributed by atoms with Gasteiger partial charge in [-0.2, -0.15) is 0 Å². The third-order valence-corrected chi connectivity index (χ3v) is 6.25. The molecule has 2 heterocycles. The molecule has 0 unspecified atom stereocenters. The summed E-state index contributed by atoms with van der Waals surface area (Å²) in [7, 11) is 0. The Balaban J connectivity index is 1.40. The fourth-order valence-corrected chi connectivity index (χ4v) is 4.58. The standard InChI is InChI=1S/C22H16ClFN4O2S2/c1-12(29)25-15-6-7-17(18(24)8-15)19-11-32-22(27-19)28-20(30)9-16-10-31-21(26-16)13-2-4-14(23)5-3-13/h2-8,10-11H,9H2,1H3,(H,25,29)(H,27,28,30). The normalized spacial score (nSPS) is 10.7. The molecule has 0 atom stereocenters. The molecule has 2 aromatic carbocycles. The van der Waals surface area contributed by atoms with Crippen molar-refractivity contribution in [2.75, 3.05) is 10.6 Å². The molecule has 6 nitrogen and oxygen atoms in total. The Kier molecular flexibility index (Phi) is 6.59. The van der Waals surface area contributed by atoms with Gasteiger partial charge in [-0.25, -0.2) is 14.4 Å². The van der Waals surface area contributed by atoms with E-state index in [0.29, 0.717) is 27.2 Å². The number of thiazole rings is 2. The Morgan fingerprint density at radius 2 is 1.81 bits per heavy atom. The summed E-state index contributed by atoms with van der Waals surface area (Å²) < 4.78 is 14.4. The van der Waals surface area contributed by atoms with Crippen molar-refractivity contribution in [1.82, 2.24) is 9.97 Å². The number of hydrogen-bond donors (Lipinski definition) is 2. The molecule has 2 amide bonds. The maximum Gasteiger partial charge on any atom is 0.232 e. The highest BCUT2D eigenvalue weighted by molar-refractivity contribution is 7.14. The van der Waals surface area contributed by atoms with Gasteiger partial charge in [-0.15, -0.1) is 22.7 Å². The Labute approximate surface area is 196 Å². The zero-order chi connectivity index (χ0) is 22.7. The highest BCUT2D eigenvalue weighted by Gasteiger charge is 2.14. The minimum atomic E-state index is -0.517. The average molecular weight is 487 g/mol. The van der Waals surface area contributed by atoms with Crippen molar-refractivity contribution in [1.29, 1.82) is 0 Å². The zero-order valence-electron chi connectivity index (χ0n) is 16.7. The summed E-state index contributed by atoms with van der Waals surface area (Å²) in [5, 5.41) is 10.6. The largest absolute Gasteiger partial charge is 0.326 e. The molecule has 32 heavy (non-hydrogen) atoms. The Morgan fingerprint density at radius 1 is 1.03 bits per heavy atom. The number of amides is 2. The molecule has 0 fully saturated rings. The molecule has 0 radical (unpaired) electrons. The van der Waals surface area contributed by atoms with E-state index in [1.165, 1.54) is 41.7 Å². The lowest BCUT2D eigenvalue weighted by Gasteiger charge is -2.05. The van der Waals surface area contributed by atoms with Gasteiger partial charge in [0.2, 0.25) is 11.8 Å². The number of nitrogens with one attached hydrogen (secondary N) is 2. The van der Waals surface area contributed by atoms with E-state index in [9.17, 15) is 14.0 Å². The van der Waals surface area contributed by atoms with Crippen molar-refractivity contribution in [2.45, 2.75) is 13.3 Å². The van der Waals surface area contributed by atoms with Crippen LogP contribution < -0.4 is 10.6 Å². The van der Waals surface area contributed by atoms with Crippen molar-refractivity contribution in [2.24, 2.45) is 0 Å². The van der Waals surface area contributed by atoms with Crippen LogP contribution in [0.1, 0.15) is 12.6 Å². The molecule has 0 aliphatic heterocycles. The summed E-state index contributed by atoms with van der Waals surface area (Å²) in [6, 6.07) is 11.7. The lowest BCUT2D eigenvalue weighted by atomic mass is 10.1. The van der Waals surface area contributed by atoms with Crippen LogP contribution in [0, 0.1) is 5.82 Å². The summed E-state index contributed by atoms with van der Waals surface area (Å²) in [6.45, 7) is 1.35. The molecule has 0 spiro atoms. The van der Waals surface area contributed by atoms with Crippen molar-refractivity contribution in [3.8, 4) is 21.8 Å². The molecular formula is C22H16ClFN4O2S2. The minimum Gasteiger partial charge on any atom is -0.326 e. The second-order valence-electron chi connectivity index (χ2n) is 6.79. The predicted molar refractivity (Wildman–Crippen MR) is 127 cm³/mol. The van der Waals surface area contributed by atoms with E-state index in [0.717, 1.165) is 10.6 Å². The first-order valence-electron chi connectivity index (χ1n) is 9.40. The minimum absolute atomic E-state index is 0.0960. The van der Waals surface area contributed by atoms with E-state index in [4.69, 9.17) is 11.6 Å². The van der Waals surface area contributed by atoms with E-state index < -0.39 is 5.82 Å². The molecule has 4 rings (SSSR count). The molecule has 0 bridgehead atoms. The number of aromatic nitrogens is 2. The van der Waals surface area contributed by atoms with Crippen LogP contribution in [0.5, 0.6) is 0 Å². The van der Waals surface area contributed by atoms with Crippen molar-refractivity contribution >= 4 is 56.9 Å². The number of carbonyl (C=O) groups excluding carboxylic acids is 2. The number of benzene rings is 2. The van der Waals surface area contributed by atoms with Crippen molar-refractivity contribution < 1.29 is 14.0 Å². The highest BCUT2D eigenvalue weighted by atomic mass is 35.5. The summed E-state index contributed by atoms with van der Waals surface area (Å²) in [5.74, 6) is -1.06. The predicted octanol–water partition coefficient (Wildman–Crippen LogP) is 5.87. The van der Waals surface area contributed by atoms with Crippen LogP contribution in [0.4, 0.5) is 15.2 Å². The molecular weight excluding hydrogens is 471 g/mol. The van der Waals surface area contributed by atoms with E-state index in [2.05, 4.69) is 20.6 Å². The molecule has 10 heteroatoms. The maximum atomic E-state index is 14.4. The lowest BCUT2D eigenvalue weighted by Crippen LogP contribution is -2.14. The summed E-state index contributed by atoms with van der Waals surface area (Å²) >= 11 is 8.56. The highest BCUT2D eigenvalue weighted by Crippen LogP contribution is 2.29. The molecule has 2 N–H and O–H groups in total. The van der Waals surface area contributed by atoms with Gasteiger partial charge in [0.1, 0.15) is 10.8 Å². The number of hydrogen-bond acceptors (Lipinski definition) is 6. The summed E-state index contributed by atoms with van der Waals surface area (Å²) in [5.41, 5.74) is 2.62. The first-order valence-corrected chi connectivity index (χ1v) is 11.5. The Bertz CT molecular complexity index is 1290. The first kappa shape index (κ1) is 22.1. The van der Waals surface area contributed by atoms with Crippen molar-refractivity contribution in [3.05, 3.63) is 69.8 Å².